The van der Waals surface area contributed by atoms with Gasteiger partial charge in [-0.15, -0.1) is 0 Å². The van der Waals surface area contributed by atoms with Crippen LogP contribution in [-0.2, 0) is 0 Å². The third kappa shape index (κ3) is 3.69. The number of hydrogen-bond acceptors (Lipinski definition) is 3. The number of hydrogen-bond donors (Lipinski definition) is 1. The van der Waals surface area contributed by atoms with Gasteiger partial charge in [0.25, 0.3) is 0 Å². The molecule has 1 saturated heterocycles. The Morgan fingerprint density at radius 1 is 1.17 bits per heavy atom. The Morgan fingerprint density at radius 3 is 2.44 bits per heavy atom. The average molecular weight is 253 g/mol. The van der Waals surface area contributed by atoms with Crippen molar-refractivity contribution >= 4 is 0 Å². The van der Waals surface area contributed by atoms with Crippen LogP contribution in [0, 0.1) is 11.3 Å². The van der Waals surface area contributed by atoms with Crippen LogP contribution in [0.25, 0.3) is 0 Å². The first-order chi connectivity index (χ1) is 8.50. The molecular weight excluding hydrogens is 222 g/mol. The predicted octanol–water partition coefficient (Wildman–Crippen LogP) is 1.65. The maximum Gasteiger partial charge on any atom is 0.0110 e. The van der Waals surface area contributed by atoms with Crippen LogP contribution in [0.1, 0.15) is 33.1 Å². The number of piperazine rings is 1. The SMILES string of the molecule is CNC1CCC(C)(C)CC1CN1CCN(C)CC1. The van der Waals surface area contributed by atoms with Gasteiger partial charge in [-0.05, 0) is 44.7 Å². The van der Waals surface area contributed by atoms with E-state index in [1.165, 1.54) is 52.0 Å². The fraction of sp³-hybridized carbons (Fsp3) is 1.00. The van der Waals surface area contributed by atoms with Gasteiger partial charge in [0.2, 0.25) is 0 Å². The molecule has 1 aliphatic heterocycles. The Hall–Kier alpha value is -0.120. The second-order valence-electron chi connectivity index (χ2n) is 7.17. The van der Waals surface area contributed by atoms with Crippen molar-refractivity contribution in [2.45, 2.75) is 39.2 Å². The molecule has 1 N–H and O–H groups in total. The molecule has 1 aliphatic carbocycles. The minimum Gasteiger partial charge on any atom is -0.317 e. The third-order valence-corrected chi connectivity index (χ3v) is 4.98. The average Bonchev–Trinajstić information content (AvgIpc) is 2.31. The van der Waals surface area contributed by atoms with E-state index in [1.54, 1.807) is 0 Å². The third-order valence-electron chi connectivity index (χ3n) is 4.98. The van der Waals surface area contributed by atoms with Crippen LogP contribution in [0.5, 0.6) is 0 Å². The number of nitrogens with one attached hydrogen (secondary N) is 1. The van der Waals surface area contributed by atoms with Gasteiger partial charge >= 0.3 is 0 Å². The molecule has 2 aliphatic rings. The summed E-state index contributed by atoms with van der Waals surface area (Å²) < 4.78 is 0. The lowest BCUT2D eigenvalue weighted by Crippen LogP contribution is -2.51. The quantitative estimate of drug-likeness (QED) is 0.825. The first-order valence-electron chi connectivity index (χ1n) is 7.58. The summed E-state index contributed by atoms with van der Waals surface area (Å²) >= 11 is 0. The molecule has 0 aromatic carbocycles. The molecular formula is C15H31N3. The van der Waals surface area contributed by atoms with Crippen molar-refractivity contribution in [1.29, 1.82) is 0 Å². The van der Waals surface area contributed by atoms with Gasteiger partial charge in [0.05, 0.1) is 0 Å². The molecule has 1 heterocycles. The van der Waals surface area contributed by atoms with Gasteiger partial charge in [-0.2, -0.15) is 0 Å². The van der Waals surface area contributed by atoms with Crippen LogP contribution < -0.4 is 5.32 Å². The Bertz CT molecular complexity index is 256. The number of rotatable bonds is 3. The van der Waals surface area contributed by atoms with Gasteiger partial charge in [-0.25, -0.2) is 0 Å². The summed E-state index contributed by atoms with van der Waals surface area (Å²) in [4.78, 5) is 5.12. The summed E-state index contributed by atoms with van der Waals surface area (Å²) in [6.45, 7) is 11.2. The topological polar surface area (TPSA) is 18.5 Å². The van der Waals surface area contributed by atoms with Gasteiger partial charge in [0.1, 0.15) is 0 Å². The van der Waals surface area contributed by atoms with Crippen molar-refractivity contribution in [3.63, 3.8) is 0 Å². The summed E-state index contributed by atoms with van der Waals surface area (Å²) in [7, 11) is 4.37. The molecule has 0 bridgehead atoms. The van der Waals surface area contributed by atoms with Crippen molar-refractivity contribution in [3.05, 3.63) is 0 Å². The van der Waals surface area contributed by atoms with Crippen LogP contribution in [0.3, 0.4) is 0 Å². The fourth-order valence-electron chi connectivity index (χ4n) is 3.67. The largest absolute Gasteiger partial charge is 0.317 e. The lowest BCUT2D eigenvalue weighted by Gasteiger charge is -2.44. The standard InChI is InChI=1S/C15H31N3/c1-15(2)6-5-14(16-3)13(11-15)12-18-9-7-17(4)8-10-18/h13-14,16H,5-12H2,1-4H3. The Morgan fingerprint density at radius 2 is 1.83 bits per heavy atom. The monoisotopic (exact) mass is 253 g/mol. The van der Waals surface area contributed by atoms with E-state index in [0.29, 0.717) is 5.41 Å². The van der Waals surface area contributed by atoms with E-state index in [-0.39, 0.29) is 0 Å². The Labute approximate surface area is 113 Å². The molecule has 1 saturated carbocycles. The molecule has 106 valence electrons. The lowest BCUT2D eigenvalue weighted by molar-refractivity contribution is 0.0786. The normalized spacial score (nSPS) is 34.7. The van der Waals surface area contributed by atoms with Crippen LogP contribution in [0.15, 0.2) is 0 Å². The second kappa shape index (κ2) is 5.89. The number of nitrogens with zero attached hydrogens (tertiary/aromatic N) is 2. The van der Waals surface area contributed by atoms with Crippen molar-refractivity contribution < 1.29 is 0 Å². The van der Waals surface area contributed by atoms with E-state index in [9.17, 15) is 0 Å². The molecule has 2 atom stereocenters. The number of likely N-dealkylation sites (N-methyl/N-ethyl adjacent to an activating group) is 1. The van der Waals surface area contributed by atoms with Gasteiger partial charge in [0, 0.05) is 38.8 Å². The van der Waals surface area contributed by atoms with Crippen molar-refractivity contribution in [2.24, 2.45) is 11.3 Å². The molecule has 18 heavy (non-hydrogen) atoms. The molecule has 0 aromatic rings. The first kappa shape index (κ1) is 14.3. The molecule has 2 fully saturated rings. The maximum absolute atomic E-state index is 3.55. The first-order valence-corrected chi connectivity index (χ1v) is 7.58. The van der Waals surface area contributed by atoms with Crippen LogP contribution in [0.2, 0.25) is 0 Å². The van der Waals surface area contributed by atoms with Crippen molar-refractivity contribution in [1.82, 2.24) is 15.1 Å². The van der Waals surface area contributed by atoms with Gasteiger partial charge in [-0.1, -0.05) is 13.8 Å². The van der Waals surface area contributed by atoms with Gasteiger partial charge in [0.15, 0.2) is 0 Å². The predicted molar refractivity (Wildman–Crippen MR) is 77.9 cm³/mol. The second-order valence-corrected chi connectivity index (χ2v) is 7.17. The summed E-state index contributed by atoms with van der Waals surface area (Å²) in [5.74, 6) is 0.835. The molecule has 0 aromatic heterocycles. The van der Waals surface area contributed by atoms with E-state index in [0.717, 1.165) is 12.0 Å². The van der Waals surface area contributed by atoms with Gasteiger partial charge in [-0.3, -0.25) is 0 Å². The highest BCUT2D eigenvalue weighted by molar-refractivity contribution is 4.90. The molecule has 2 rings (SSSR count). The van der Waals surface area contributed by atoms with E-state index >= 15 is 0 Å². The Kier molecular flexibility index (Phi) is 4.68. The highest BCUT2D eigenvalue weighted by Gasteiger charge is 2.35. The molecule has 3 heteroatoms. The fourth-order valence-corrected chi connectivity index (χ4v) is 3.67. The highest BCUT2D eigenvalue weighted by Crippen LogP contribution is 2.39. The minimum absolute atomic E-state index is 0.546. The Balaban J connectivity index is 1.88. The van der Waals surface area contributed by atoms with Gasteiger partial charge < -0.3 is 15.1 Å². The molecule has 0 radical (unpaired) electrons. The molecule has 3 nitrogen and oxygen atoms in total. The zero-order valence-corrected chi connectivity index (χ0v) is 12.7. The smallest absolute Gasteiger partial charge is 0.0110 e. The van der Waals surface area contributed by atoms with Crippen LogP contribution in [0.4, 0.5) is 0 Å². The summed E-state index contributed by atoms with van der Waals surface area (Å²) in [6, 6.07) is 0.734. The van der Waals surface area contributed by atoms with E-state index in [2.05, 4.69) is 43.1 Å². The zero-order chi connectivity index (χ0) is 13.2. The molecule has 0 amide bonds. The minimum atomic E-state index is 0.546. The summed E-state index contributed by atoms with van der Waals surface area (Å²) in [6.07, 6.45) is 4.10. The van der Waals surface area contributed by atoms with Crippen LogP contribution in [-0.4, -0.2) is 62.7 Å². The van der Waals surface area contributed by atoms with Crippen LogP contribution >= 0.6 is 0 Å². The van der Waals surface area contributed by atoms with E-state index in [4.69, 9.17) is 0 Å². The zero-order valence-electron chi connectivity index (χ0n) is 12.7. The maximum atomic E-state index is 3.55. The van der Waals surface area contributed by atoms with Crippen molar-refractivity contribution in [2.75, 3.05) is 46.8 Å². The summed E-state index contributed by atoms with van der Waals surface area (Å²) in [5, 5.41) is 3.55. The van der Waals surface area contributed by atoms with E-state index < -0.39 is 0 Å². The summed E-state index contributed by atoms with van der Waals surface area (Å²) in [5.41, 5.74) is 0.546. The van der Waals surface area contributed by atoms with Crippen molar-refractivity contribution in [3.8, 4) is 0 Å². The van der Waals surface area contributed by atoms with E-state index in [1.807, 2.05) is 0 Å². The molecule has 2 unspecified atom stereocenters. The highest BCUT2D eigenvalue weighted by atomic mass is 15.2. The lowest BCUT2D eigenvalue weighted by atomic mass is 9.69. The molecule has 0 spiro atoms.